The van der Waals surface area contributed by atoms with Crippen LogP contribution < -0.4 is 16.4 Å². The Morgan fingerprint density at radius 3 is 2.09 bits per heavy atom. The van der Waals surface area contributed by atoms with Gasteiger partial charge in [-0.3, -0.25) is 10.1 Å². The fraction of sp³-hybridized carbons (Fsp3) is 0.378. The molecule has 234 valence electrons. The second kappa shape index (κ2) is 12.5. The van der Waals surface area contributed by atoms with Crippen LogP contribution in [0.15, 0.2) is 78.9 Å². The lowest BCUT2D eigenvalue weighted by Gasteiger charge is -2.39. The van der Waals surface area contributed by atoms with Gasteiger partial charge < -0.3 is 16.0 Å². The van der Waals surface area contributed by atoms with E-state index in [9.17, 15) is 9.59 Å². The minimum Gasteiger partial charge on any atom is -0.333 e. The summed E-state index contributed by atoms with van der Waals surface area (Å²) < 4.78 is 1.78. The molecule has 4 N–H and O–H groups in total. The number of carbonyl (C=O) groups excluding carboxylic acids is 2. The summed E-state index contributed by atoms with van der Waals surface area (Å²) in [7, 11) is 0. The monoisotopic (exact) mass is 604 g/mol. The molecule has 8 heteroatoms. The molecule has 0 saturated carbocycles. The lowest BCUT2D eigenvalue weighted by atomic mass is 9.85. The van der Waals surface area contributed by atoms with E-state index in [1.165, 1.54) is 5.56 Å². The molecule has 0 spiro atoms. The van der Waals surface area contributed by atoms with Gasteiger partial charge in [0, 0.05) is 41.4 Å². The maximum atomic E-state index is 13.4. The van der Waals surface area contributed by atoms with Crippen molar-refractivity contribution in [1.29, 1.82) is 0 Å². The largest absolute Gasteiger partial charge is 0.333 e. The highest BCUT2D eigenvalue weighted by molar-refractivity contribution is 5.99. The van der Waals surface area contributed by atoms with Crippen molar-refractivity contribution in [3.63, 3.8) is 0 Å². The van der Waals surface area contributed by atoms with E-state index in [1.54, 1.807) is 4.68 Å². The molecule has 2 unspecified atom stereocenters. The van der Waals surface area contributed by atoms with E-state index in [0.29, 0.717) is 30.4 Å². The van der Waals surface area contributed by atoms with Crippen LogP contribution in [0.5, 0.6) is 0 Å². The van der Waals surface area contributed by atoms with E-state index >= 15 is 0 Å². The van der Waals surface area contributed by atoms with Crippen LogP contribution in [0.3, 0.4) is 0 Å². The number of amides is 3. The summed E-state index contributed by atoms with van der Waals surface area (Å²) in [6.45, 7) is 8.85. The van der Waals surface area contributed by atoms with E-state index in [1.807, 2.05) is 73.7 Å². The van der Waals surface area contributed by atoms with Crippen LogP contribution in [0.4, 0.5) is 16.3 Å². The fourth-order valence-corrected chi connectivity index (χ4v) is 6.78. The van der Waals surface area contributed by atoms with Crippen molar-refractivity contribution in [2.24, 2.45) is 11.7 Å². The maximum absolute atomic E-state index is 13.4. The Morgan fingerprint density at radius 1 is 0.867 bits per heavy atom. The molecule has 8 nitrogen and oxygen atoms in total. The summed E-state index contributed by atoms with van der Waals surface area (Å²) in [6, 6.07) is 26.2. The van der Waals surface area contributed by atoms with Crippen molar-refractivity contribution < 1.29 is 9.59 Å². The van der Waals surface area contributed by atoms with Crippen molar-refractivity contribution in [2.75, 3.05) is 10.6 Å². The summed E-state index contributed by atoms with van der Waals surface area (Å²) >= 11 is 0. The van der Waals surface area contributed by atoms with Crippen LogP contribution in [-0.2, 0) is 18.4 Å². The van der Waals surface area contributed by atoms with Gasteiger partial charge in [-0.2, -0.15) is 5.10 Å². The highest BCUT2D eigenvalue weighted by Crippen LogP contribution is 2.41. The Balaban J connectivity index is 1.06. The first-order valence-corrected chi connectivity index (χ1v) is 16.0. The Hall–Kier alpha value is -4.43. The number of nitrogens with two attached hydrogens (primary N) is 1. The predicted molar refractivity (Wildman–Crippen MR) is 180 cm³/mol. The lowest BCUT2D eigenvalue weighted by Crippen LogP contribution is -2.46. The SMILES string of the molecule is Cc1ccc(-n2nc(C(C)(C)C)cc2NC(=O)Nc2ccc(CC3CC4CCC(C3)N4C(=O)c3ccc(CN)cc3)cc2)cc1. The molecule has 6 rings (SSSR count). The molecule has 0 radical (unpaired) electrons. The van der Waals surface area contributed by atoms with E-state index in [0.717, 1.165) is 65.9 Å². The topological polar surface area (TPSA) is 105 Å². The zero-order chi connectivity index (χ0) is 31.7. The zero-order valence-corrected chi connectivity index (χ0v) is 26.7. The molecule has 2 bridgehead atoms. The molecule has 0 aliphatic carbocycles. The van der Waals surface area contributed by atoms with Crippen LogP contribution in [0, 0.1) is 12.8 Å². The van der Waals surface area contributed by atoms with Crippen molar-refractivity contribution >= 4 is 23.4 Å². The number of aromatic nitrogens is 2. The van der Waals surface area contributed by atoms with Crippen LogP contribution in [0.1, 0.15) is 79.2 Å². The molecule has 45 heavy (non-hydrogen) atoms. The van der Waals surface area contributed by atoms with Gasteiger partial charge in [0.25, 0.3) is 5.91 Å². The molecule has 2 atom stereocenters. The number of rotatable bonds is 7. The van der Waals surface area contributed by atoms with Crippen molar-refractivity contribution in [3.8, 4) is 5.69 Å². The molecule has 2 saturated heterocycles. The average molecular weight is 605 g/mol. The number of hydrogen-bond acceptors (Lipinski definition) is 4. The van der Waals surface area contributed by atoms with Crippen LogP contribution in [0.25, 0.3) is 5.69 Å². The number of nitrogens with one attached hydrogen (secondary N) is 2. The normalized spacial score (nSPS) is 19.4. The van der Waals surface area contributed by atoms with Crippen LogP contribution >= 0.6 is 0 Å². The van der Waals surface area contributed by atoms with Gasteiger partial charge in [-0.05, 0) is 92.5 Å². The number of carbonyl (C=O) groups is 2. The van der Waals surface area contributed by atoms with E-state index < -0.39 is 0 Å². The van der Waals surface area contributed by atoms with Gasteiger partial charge in [0.1, 0.15) is 5.82 Å². The standard InChI is InChI=1S/C37H44N6O2/c1-24-5-15-30(16-6-24)43-34(22-33(41-43)37(2,3)4)40-36(45)39-29-13-9-25(10-14-29)19-27-20-31-17-18-32(21-27)42(31)35(44)28-11-7-26(23-38)8-12-28/h5-16,22,27,31-32H,17-21,23,38H2,1-4H3,(H2,39,40,45). The quantitative estimate of drug-likeness (QED) is 0.207. The summed E-state index contributed by atoms with van der Waals surface area (Å²) in [5, 5.41) is 10.8. The summed E-state index contributed by atoms with van der Waals surface area (Å²) in [4.78, 5) is 28.6. The summed E-state index contributed by atoms with van der Waals surface area (Å²) in [5.41, 5.74) is 12.3. The predicted octanol–water partition coefficient (Wildman–Crippen LogP) is 7.21. The van der Waals surface area contributed by atoms with Gasteiger partial charge in [0.2, 0.25) is 0 Å². The molecule has 2 aliphatic heterocycles. The second-order valence-corrected chi connectivity index (χ2v) is 13.7. The molecule has 2 aliphatic rings. The fourth-order valence-electron chi connectivity index (χ4n) is 6.78. The van der Waals surface area contributed by atoms with Gasteiger partial charge in [0.15, 0.2) is 0 Å². The van der Waals surface area contributed by atoms with Gasteiger partial charge in [0.05, 0.1) is 11.4 Å². The molecule has 3 heterocycles. The molecular weight excluding hydrogens is 560 g/mol. The van der Waals surface area contributed by atoms with Crippen molar-refractivity contribution in [2.45, 2.75) is 83.8 Å². The molecule has 2 fully saturated rings. The zero-order valence-electron chi connectivity index (χ0n) is 26.7. The van der Waals surface area contributed by atoms with Gasteiger partial charge in [-0.15, -0.1) is 0 Å². The molecule has 4 aromatic rings. The van der Waals surface area contributed by atoms with Crippen LogP contribution in [0.2, 0.25) is 0 Å². The number of benzene rings is 3. The smallest absolute Gasteiger partial charge is 0.324 e. The summed E-state index contributed by atoms with van der Waals surface area (Å²) in [6.07, 6.45) is 5.17. The second-order valence-electron chi connectivity index (χ2n) is 13.7. The number of anilines is 2. The maximum Gasteiger partial charge on any atom is 0.324 e. The number of nitrogens with zero attached hydrogens (tertiary/aromatic N) is 3. The highest BCUT2D eigenvalue weighted by Gasteiger charge is 2.43. The van der Waals surface area contributed by atoms with E-state index in [-0.39, 0.29) is 17.4 Å². The molecule has 3 aromatic carbocycles. The number of fused-ring (bicyclic) bond motifs is 2. The summed E-state index contributed by atoms with van der Waals surface area (Å²) in [5.74, 6) is 1.30. The number of urea groups is 1. The van der Waals surface area contributed by atoms with Crippen molar-refractivity contribution in [1.82, 2.24) is 14.7 Å². The first-order valence-electron chi connectivity index (χ1n) is 16.0. The van der Waals surface area contributed by atoms with E-state index in [4.69, 9.17) is 10.8 Å². The van der Waals surface area contributed by atoms with Crippen molar-refractivity contribution in [3.05, 3.63) is 107 Å². The molecule has 1 aromatic heterocycles. The Morgan fingerprint density at radius 2 is 1.49 bits per heavy atom. The average Bonchev–Trinajstić information content (AvgIpc) is 3.56. The Kier molecular flexibility index (Phi) is 8.51. The molecular formula is C37H44N6O2. The third-order valence-corrected chi connectivity index (χ3v) is 9.24. The van der Waals surface area contributed by atoms with E-state index in [2.05, 4.69) is 48.4 Å². The Labute approximate surface area is 266 Å². The third kappa shape index (κ3) is 6.81. The third-order valence-electron chi connectivity index (χ3n) is 9.24. The van der Waals surface area contributed by atoms with Gasteiger partial charge in [-0.1, -0.05) is 62.7 Å². The molecule has 3 amide bonds. The van der Waals surface area contributed by atoms with Crippen LogP contribution in [-0.4, -0.2) is 38.7 Å². The number of aryl methyl sites for hydroxylation is 1. The first-order chi connectivity index (χ1) is 21.6. The number of piperidine rings is 1. The first kappa shape index (κ1) is 30.6. The van der Waals surface area contributed by atoms with Gasteiger partial charge >= 0.3 is 6.03 Å². The minimum absolute atomic E-state index is 0.148. The Bertz CT molecular complexity index is 1640. The minimum atomic E-state index is -0.317. The lowest BCUT2D eigenvalue weighted by molar-refractivity contribution is 0.0524. The number of hydrogen-bond donors (Lipinski definition) is 3. The highest BCUT2D eigenvalue weighted by atomic mass is 16.2. The van der Waals surface area contributed by atoms with Gasteiger partial charge in [-0.25, -0.2) is 9.48 Å².